The van der Waals surface area contributed by atoms with Gasteiger partial charge in [-0.15, -0.1) is 0 Å². The average molecular weight is 354 g/mol. The van der Waals surface area contributed by atoms with Crippen LogP contribution in [-0.4, -0.2) is 97.9 Å². The number of carboxylic acid groups (broad SMARTS) is 4. The Balaban J connectivity index is 0. The van der Waals surface area contributed by atoms with Gasteiger partial charge in [0, 0.05) is 18.9 Å². The summed E-state index contributed by atoms with van der Waals surface area (Å²) >= 11 is 0. The summed E-state index contributed by atoms with van der Waals surface area (Å²) in [6, 6.07) is 0. The topological polar surface area (TPSA) is 216 Å². The van der Waals surface area contributed by atoms with Crippen LogP contribution in [0.3, 0.4) is 0 Å². The first-order valence-electron chi connectivity index (χ1n) is 6.35. The Kier molecular flexibility index (Phi) is 10.5. The number of aliphatic hydroxyl groups excluding tert-OH is 2. The second-order valence-electron chi connectivity index (χ2n) is 5.03. The van der Waals surface area contributed by atoms with E-state index >= 15 is 0 Å². The highest BCUT2D eigenvalue weighted by atomic mass is 16.4. The summed E-state index contributed by atoms with van der Waals surface area (Å²) in [6.45, 7) is 0.395. The van der Waals surface area contributed by atoms with Gasteiger partial charge >= 0.3 is 17.9 Å². The van der Waals surface area contributed by atoms with Gasteiger partial charge in [-0.3, -0.25) is 4.79 Å². The number of likely N-dealkylation sites (N-methyl/N-ethyl adjacent to an activating group) is 1. The maximum absolute atomic E-state index is 10.3. The zero-order chi connectivity index (χ0) is 19.7. The fourth-order valence-electron chi connectivity index (χ4n) is 1.40. The molecule has 0 aromatic rings. The van der Waals surface area contributed by atoms with Gasteiger partial charge in [0.05, 0.1) is 12.5 Å². The molecule has 0 radical (unpaired) electrons. The molecule has 140 valence electrons. The molecule has 24 heavy (non-hydrogen) atoms. The summed E-state index contributed by atoms with van der Waals surface area (Å²) in [6.07, 6.45) is -5.20. The molecule has 0 heterocycles. The highest BCUT2D eigenvalue weighted by Gasteiger charge is 2.47. The number of aliphatic carboxylic acids is 4. The summed E-state index contributed by atoms with van der Waals surface area (Å²) in [5, 5.41) is 61.5. The minimum Gasteiger partial charge on any atom is -0.550 e. The molecule has 12 nitrogen and oxygen atoms in total. The van der Waals surface area contributed by atoms with Crippen LogP contribution in [0.4, 0.5) is 0 Å². The molecule has 0 aliphatic heterocycles. The van der Waals surface area contributed by atoms with Gasteiger partial charge in [0.1, 0.15) is 0 Å². The number of aliphatic hydroxyl groups is 3. The molecule has 0 rings (SSSR count). The molecular weight excluding hydrogens is 334 g/mol. The van der Waals surface area contributed by atoms with E-state index in [4.69, 9.17) is 30.6 Å². The van der Waals surface area contributed by atoms with Crippen molar-refractivity contribution in [2.45, 2.75) is 30.7 Å². The average Bonchev–Trinajstić information content (AvgIpc) is 2.34. The molecule has 12 heteroatoms. The van der Waals surface area contributed by atoms with Crippen LogP contribution in [0.5, 0.6) is 0 Å². The van der Waals surface area contributed by atoms with Gasteiger partial charge in [-0.1, -0.05) is 0 Å². The van der Waals surface area contributed by atoms with Gasteiger partial charge in [-0.05, 0) is 14.1 Å². The van der Waals surface area contributed by atoms with Gasteiger partial charge in [0.15, 0.2) is 6.10 Å². The third kappa shape index (κ3) is 9.68. The second-order valence-corrected chi connectivity index (χ2v) is 5.03. The minimum absolute atomic E-state index is 0.182. The van der Waals surface area contributed by atoms with Crippen LogP contribution in [0.1, 0.15) is 12.8 Å². The summed E-state index contributed by atoms with van der Waals surface area (Å²) in [5.74, 6) is -7.16. The quantitative estimate of drug-likeness (QED) is 0.232. The SMILES string of the molecule is CN(C)CC(O)CC(=O)O.O=C([O-])CC(O)(C(=O)O)C(O)C(=O)O. The highest BCUT2D eigenvalue weighted by Crippen LogP contribution is 2.16. The number of hydrogen-bond donors (Lipinski definition) is 6. The molecule has 0 saturated carbocycles. The highest BCUT2D eigenvalue weighted by molar-refractivity contribution is 5.90. The van der Waals surface area contributed by atoms with E-state index in [1.54, 1.807) is 19.0 Å². The lowest BCUT2D eigenvalue weighted by molar-refractivity contribution is -0.310. The second kappa shape index (κ2) is 10.5. The van der Waals surface area contributed by atoms with Crippen LogP contribution in [0.15, 0.2) is 0 Å². The Morgan fingerprint density at radius 3 is 1.79 bits per heavy atom. The Labute approximate surface area is 136 Å². The van der Waals surface area contributed by atoms with E-state index in [2.05, 4.69) is 0 Å². The zero-order valence-corrected chi connectivity index (χ0v) is 12.9. The van der Waals surface area contributed by atoms with Gasteiger partial charge in [-0.2, -0.15) is 0 Å². The van der Waals surface area contributed by atoms with Gasteiger partial charge in [0.25, 0.3) is 0 Å². The van der Waals surface area contributed by atoms with E-state index in [1.165, 1.54) is 0 Å². The van der Waals surface area contributed by atoms with Crippen LogP contribution in [0.2, 0.25) is 0 Å². The number of nitrogens with zero attached hydrogens (tertiary/aromatic N) is 1. The Morgan fingerprint density at radius 2 is 1.54 bits per heavy atom. The molecule has 3 unspecified atom stereocenters. The lowest BCUT2D eigenvalue weighted by atomic mass is 9.93. The molecule has 6 N–H and O–H groups in total. The van der Waals surface area contributed by atoms with Crippen molar-refractivity contribution in [3.8, 4) is 0 Å². The first kappa shape index (κ1) is 24.0. The summed E-state index contributed by atoms with van der Waals surface area (Å²) in [4.78, 5) is 42.2. The van der Waals surface area contributed by atoms with Gasteiger partial charge in [0.2, 0.25) is 5.60 Å². The van der Waals surface area contributed by atoms with Crippen LogP contribution < -0.4 is 5.11 Å². The maximum atomic E-state index is 10.3. The van der Waals surface area contributed by atoms with E-state index in [0.29, 0.717) is 6.54 Å². The minimum atomic E-state index is -3.29. The molecule has 0 saturated heterocycles. The number of carbonyl (C=O) groups excluding carboxylic acids is 1. The third-order valence-electron chi connectivity index (χ3n) is 2.46. The number of hydrogen-bond acceptors (Lipinski definition) is 9. The van der Waals surface area contributed by atoms with E-state index in [-0.39, 0.29) is 6.42 Å². The Morgan fingerprint density at radius 1 is 1.08 bits per heavy atom. The number of carboxylic acids is 4. The predicted molar refractivity (Wildman–Crippen MR) is 72.7 cm³/mol. The van der Waals surface area contributed by atoms with E-state index in [0.717, 1.165) is 0 Å². The van der Waals surface area contributed by atoms with Crippen LogP contribution in [-0.2, 0) is 19.2 Å². The molecule has 0 fully saturated rings. The van der Waals surface area contributed by atoms with E-state index in [1.807, 2.05) is 0 Å². The Bertz CT molecular complexity index is 464. The molecule has 0 aromatic carbocycles. The first-order chi connectivity index (χ1) is 10.7. The van der Waals surface area contributed by atoms with Crippen molar-refractivity contribution < 1.29 is 54.9 Å². The molecule has 0 aromatic heterocycles. The number of rotatable bonds is 9. The van der Waals surface area contributed by atoms with Gasteiger partial charge < -0.3 is 45.4 Å². The molecule has 0 aliphatic rings. The standard InChI is InChI=1S/C6H13NO3.C6H8O8/c1-7(2)4-5(8)3-6(9)10;7-2(8)1-6(14,5(12)13)3(9)4(10)11/h5,8H,3-4H2,1-2H3,(H,9,10);3,9,14H,1H2,(H,7,8)(H,10,11)(H,12,13)/p-1. The lowest BCUT2D eigenvalue weighted by Crippen LogP contribution is -2.55. The maximum Gasteiger partial charge on any atom is 0.339 e. The lowest BCUT2D eigenvalue weighted by Gasteiger charge is -2.26. The fourth-order valence-corrected chi connectivity index (χ4v) is 1.40. The summed E-state index contributed by atoms with van der Waals surface area (Å²) in [7, 11) is 3.57. The first-order valence-corrected chi connectivity index (χ1v) is 6.35. The fraction of sp³-hybridized carbons (Fsp3) is 0.667. The normalized spacial score (nSPS) is 15.4. The van der Waals surface area contributed by atoms with Crippen molar-refractivity contribution in [1.29, 1.82) is 0 Å². The summed E-state index contributed by atoms with van der Waals surface area (Å²) in [5.41, 5.74) is -3.29. The van der Waals surface area contributed by atoms with Crippen molar-refractivity contribution in [3.63, 3.8) is 0 Å². The van der Waals surface area contributed by atoms with Crippen molar-refractivity contribution in [2.24, 2.45) is 0 Å². The molecule has 0 spiro atoms. The zero-order valence-electron chi connectivity index (χ0n) is 12.9. The largest absolute Gasteiger partial charge is 0.550 e. The van der Waals surface area contributed by atoms with Gasteiger partial charge in [-0.25, -0.2) is 9.59 Å². The van der Waals surface area contributed by atoms with Crippen LogP contribution in [0, 0.1) is 0 Å². The molecule has 0 amide bonds. The smallest absolute Gasteiger partial charge is 0.339 e. The summed E-state index contributed by atoms with van der Waals surface area (Å²) < 4.78 is 0. The van der Waals surface area contributed by atoms with E-state index < -0.39 is 48.1 Å². The van der Waals surface area contributed by atoms with Crippen molar-refractivity contribution in [1.82, 2.24) is 4.90 Å². The molecule has 0 aliphatic carbocycles. The monoisotopic (exact) mass is 354 g/mol. The molecule has 3 atom stereocenters. The number of carbonyl (C=O) groups is 4. The van der Waals surface area contributed by atoms with Crippen molar-refractivity contribution in [2.75, 3.05) is 20.6 Å². The van der Waals surface area contributed by atoms with Crippen molar-refractivity contribution in [3.05, 3.63) is 0 Å². The van der Waals surface area contributed by atoms with Crippen molar-refractivity contribution >= 4 is 23.9 Å². The molecular formula is C12H20NO11-. The van der Waals surface area contributed by atoms with Crippen LogP contribution >= 0.6 is 0 Å². The van der Waals surface area contributed by atoms with Crippen LogP contribution in [0.25, 0.3) is 0 Å². The predicted octanol–water partition coefficient (Wildman–Crippen LogP) is -4.23. The van der Waals surface area contributed by atoms with E-state index in [9.17, 15) is 24.3 Å². The Hall–Kier alpha value is -2.28. The molecule has 0 bridgehead atoms. The third-order valence-corrected chi connectivity index (χ3v) is 2.46.